The number of hydrogen-bond acceptors (Lipinski definition) is 8. The molecule has 0 spiro atoms. The Bertz CT molecular complexity index is 1040. The molecule has 0 aromatic heterocycles. The molecule has 1 aromatic carbocycles. The van der Waals surface area contributed by atoms with E-state index in [1.54, 1.807) is 18.2 Å². The minimum atomic E-state index is -0.998. The summed E-state index contributed by atoms with van der Waals surface area (Å²) in [5.74, 6) is -1.65. The van der Waals surface area contributed by atoms with Crippen molar-refractivity contribution in [3.8, 4) is 0 Å². The Morgan fingerprint density at radius 1 is 1.12 bits per heavy atom. The smallest absolute Gasteiger partial charge is 0.320 e. The number of amides is 6. The fourth-order valence-corrected chi connectivity index (χ4v) is 3.91. The largest absolute Gasteiger partial charge is 0.394 e. The van der Waals surface area contributed by atoms with E-state index >= 15 is 0 Å². The molecule has 1 aromatic rings. The number of imide groups is 2. The molecule has 0 aliphatic carbocycles. The van der Waals surface area contributed by atoms with Crippen LogP contribution in [0.4, 0.5) is 10.5 Å². The van der Waals surface area contributed by atoms with E-state index in [0.29, 0.717) is 50.5 Å². The molecular weight excluding hydrogens is 432 g/mol. The van der Waals surface area contributed by atoms with Gasteiger partial charge in [-0.05, 0) is 31.4 Å². The number of piperidine rings is 1. The second-order valence-electron chi connectivity index (χ2n) is 7.81. The third kappa shape index (κ3) is 4.78. The molecule has 6 amide bonds. The summed E-state index contributed by atoms with van der Waals surface area (Å²) in [7, 11) is 0. The molecule has 12 nitrogen and oxygen atoms in total. The highest BCUT2D eigenvalue weighted by molar-refractivity contribution is 6.25. The number of nitrogens with one attached hydrogen (secondary N) is 4. The summed E-state index contributed by atoms with van der Waals surface area (Å²) < 4.78 is 0. The first-order valence-electron chi connectivity index (χ1n) is 10.8. The van der Waals surface area contributed by atoms with Gasteiger partial charge in [-0.15, -0.1) is 0 Å². The molecule has 0 saturated carbocycles. The van der Waals surface area contributed by atoms with E-state index in [0.717, 1.165) is 4.90 Å². The number of nitrogens with zero attached hydrogens (tertiary/aromatic N) is 2. The number of amidine groups is 1. The van der Waals surface area contributed by atoms with E-state index in [4.69, 9.17) is 4.84 Å². The molecule has 0 bridgehead atoms. The topological polar surface area (TPSA) is 158 Å². The Hall–Kier alpha value is -3.96. The number of rotatable bonds is 7. The second-order valence-corrected chi connectivity index (χ2v) is 7.81. The number of carbonyl (C=O) groups excluding carboxylic acids is 5. The van der Waals surface area contributed by atoms with Crippen molar-refractivity contribution < 1.29 is 28.8 Å². The number of oxime groups is 1. The average molecular weight is 456 g/mol. The third-order valence-electron chi connectivity index (χ3n) is 5.54. The van der Waals surface area contributed by atoms with Gasteiger partial charge in [0.15, 0.2) is 5.84 Å². The molecule has 1 fully saturated rings. The number of anilines is 1. The van der Waals surface area contributed by atoms with Crippen LogP contribution in [0.5, 0.6) is 0 Å². The Balaban J connectivity index is 1.28. The molecular formula is C21H24N6O6. The maximum atomic E-state index is 13.0. The lowest BCUT2D eigenvalue weighted by atomic mass is 10.0. The molecule has 1 saturated heterocycles. The van der Waals surface area contributed by atoms with Gasteiger partial charge in [0.2, 0.25) is 11.8 Å². The van der Waals surface area contributed by atoms with Gasteiger partial charge in [-0.3, -0.25) is 34.7 Å². The summed E-state index contributed by atoms with van der Waals surface area (Å²) in [6.45, 7) is 1.43. The maximum absolute atomic E-state index is 13.0. The molecule has 3 heterocycles. The van der Waals surface area contributed by atoms with Crippen LogP contribution in [0.1, 0.15) is 52.8 Å². The Morgan fingerprint density at radius 2 is 1.94 bits per heavy atom. The van der Waals surface area contributed by atoms with Crippen molar-refractivity contribution in [2.75, 3.05) is 25.0 Å². The van der Waals surface area contributed by atoms with Gasteiger partial charge in [-0.2, -0.15) is 0 Å². The zero-order valence-corrected chi connectivity index (χ0v) is 17.8. The van der Waals surface area contributed by atoms with Crippen LogP contribution in [0, 0.1) is 0 Å². The van der Waals surface area contributed by atoms with Crippen LogP contribution < -0.4 is 21.3 Å². The summed E-state index contributed by atoms with van der Waals surface area (Å²) in [6, 6.07) is 3.58. The van der Waals surface area contributed by atoms with Crippen molar-refractivity contribution in [2.24, 2.45) is 5.16 Å². The van der Waals surface area contributed by atoms with Gasteiger partial charge in [0, 0.05) is 31.6 Å². The standard InChI is InChI=1S/C21H24N6O6/c28-16-7-6-14(18(29)25-16)27-19(30)12-4-3-5-13(17(12)20(27)31)22-9-1-2-10-23-21(32)24-15-8-11-33-26-15/h3-5,14,22H,1-2,6-11H2,(H,25,28,29)(H2,23,24,26,32). The summed E-state index contributed by atoms with van der Waals surface area (Å²) in [5, 5.41) is 14.4. The molecule has 1 atom stereocenters. The summed E-state index contributed by atoms with van der Waals surface area (Å²) in [5.41, 5.74) is 0.960. The predicted octanol–water partition coefficient (Wildman–Crippen LogP) is 0.313. The number of carbonyl (C=O) groups is 5. The van der Waals surface area contributed by atoms with Gasteiger partial charge in [-0.1, -0.05) is 11.2 Å². The Morgan fingerprint density at radius 3 is 2.70 bits per heavy atom. The van der Waals surface area contributed by atoms with Gasteiger partial charge in [-0.25, -0.2) is 4.79 Å². The highest BCUT2D eigenvalue weighted by atomic mass is 16.6. The van der Waals surface area contributed by atoms with Gasteiger partial charge >= 0.3 is 6.03 Å². The molecule has 3 aliphatic rings. The zero-order valence-electron chi connectivity index (χ0n) is 17.8. The minimum absolute atomic E-state index is 0.0723. The first-order chi connectivity index (χ1) is 16.0. The lowest BCUT2D eigenvalue weighted by molar-refractivity contribution is -0.136. The van der Waals surface area contributed by atoms with Gasteiger partial charge in [0.1, 0.15) is 12.6 Å². The van der Waals surface area contributed by atoms with E-state index in [2.05, 4.69) is 26.4 Å². The van der Waals surface area contributed by atoms with Crippen LogP contribution in [-0.2, 0) is 14.4 Å². The Labute approximate surface area is 189 Å². The van der Waals surface area contributed by atoms with E-state index in [1.165, 1.54) is 0 Å². The predicted molar refractivity (Wildman–Crippen MR) is 115 cm³/mol. The van der Waals surface area contributed by atoms with E-state index in [-0.39, 0.29) is 30.0 Å². The number of urea groups is 1. The quantitative estimate of drug-likeness (QED) is 0.340. The molecule has 4 rings (SSSR count). The molecule has 174 valence electrons. The molecule has 1 unspecified atom stereocenters. The van der Waals surface area contributed by atoms with Crippen molar-refractivity contribution in [1.82, 2.24) is 20.9 Å². The molecule has 4 N–H and O–H groups in total. The Kier molecular flexibility index (Phi) is 6.52. The first-order valence-corrected chi connectivity index (χ1v) is 10.8. The van der Waals surface area contributed by atoms with E-state index < -0.39 is 29.7 Å². The van der Waals surface area contributed by atoms with Crippen LogP contribution >= 0.6 is 0 Å². The summed E-state index contributed by atoms with van der Waals surface area (Å²) >= 11 is 0. The lowest BCUT2D eigenvalue weighted by Crippen LogP contribution is -2.54. The molecule has 12 heteroatoms. The van der Waals surface area contributed by atoms with Crippen molar-refractivity contribution in [1.29, 1.82) is 0 Å². The summed E-state index contributed by atoms with van der Waals surface area (Å²) in [6.07, 6.45) is 2.14. The SMILES string of the molecule is O=C1CCC(N2C(=O)c3cccc(NCCCCNC(=O)NC4=NOCC4)c3C2=O)C(=O)N1. The second kappa shape index (κ2) is 9.67. The van der Waals surface area contributed by atoms with E-state index in [1.807, 2.05) is 0 Å². The monoisotopic (exact) mass is 456 g/mol. The van der Waals surface area contributed by atoms with Crippen molar-refractivity contribution in [3.63, 3.8) is 0 Å². The molecule has 3 aliphatic heterocycles. The van der Waals surface area contributed by atoms with Crippen LogP contribution in [0.2, 0.25) is 0 Å². The fraction of sp³-hybridized carbons (Fsp3) is 0.429. The van der Waals surface area contributed by atoms with Crippen LogP contribution in [0.3, 0.4) is 0 Å². The highest BCUT2D eigenvalue weighted by Gasteiger charge is 2.45. The zero-order chi connectivity index (χ0) is 23.4. The third-order valence-corrected chi connectivity index (χ3v) is 5.54. The lowest BCUT2D eigenvalue weighted by Gasteiger charge is -2.27. The summed E-state index contributed by atoms with van der Waals surface area (Å²) in [4.78, 5) is 67.0. The van der Waals surface area contributed by atoms with Gasteiger partial charge < -0.3 is 15.5 Å². The van der Waals surface area contributed by atoms with E-state index in [9.17, 15) is 24.0 Å². The number of benzene rings is 1. The van der Waals surface area contributed by atoms with Crippen molar-refractivity contribution >= 4 is 41.2 Å². The molecule has 33 heavy (non-hydrogen) atoms. The fourth-order valence-electron chi connectivity index (χ4n) is 3.91. The number of hydrogen-bond donors (Lipinski definition) is 4. The van der Waals surface area contributed by atoms with Crippen molar-refractivity contribution in [2.45, 2.75) is 38.1 Å². The van der Waals surface area contributed by atoms with Crippen LogP contribution in [0.25, 0.3) is 0 Å². The average Bonchev–Trinajstić information content (AvgIpc) is 3.38. The van der Waals surface area contributed by atoms with Crippen molar-refractivity contribution in [3.05, 3.63) is 29.3 Å². The molecule has 0 radical (unpaired) electrons. The maximum Gasteiger partial charge on any atom is 0.320 e. The van der Waals surface area contributed by atoms with Gasteiger partial charge in [0.25, 0.3) is 11.8 Å². The highest BCUT2D eigenvalue weighted by Crippen LogP contribution is 2.32. The van der Waals surface area contributed by atoms with Gasteiger partial charge in [0.05, 0.1) is 11.1 Å². The van der Waals surface area contributed by atoms with Crippen LogP contribution in [-0.4, -0.2) is 66.1 Å². The van der Waals surface area contributed by atoms with Crippen LogP contribution in [0.15, 0.2) is 23.4 Å². The first kappa shape index (κ1) is 22.2. The minimum Gasteiger partial charge on any atom is -0.394 e. The normalized spacial score (nSPS) is 19.6. The number of fused-ring (bicyclic) bond motifs is 1. The number of unbranched alkanes of at least 4 members (excludes halogenated alkanes) is 1.